The standard InChI is InChI=1S/C21H26FN5O2.HI/c1-14-7-11-29-19(14)20(28)24-8-3-9-25-21(23-2)26-10-6-15-13-27-18-5-4-16(22)12-17(15)18;/h4-5,7,11-13,27H,3,6,8-10H2,1-2H3,(H,24,28)(H2,23,25,26);1H. The average Bonchev–Trinajstić information content (AvgIpc) is 3.32. The smallest absolute Gasteiger partial charge is 0.287 e. The van der Waals surface area contributed by atoms with Crippen molar-refractivity contribution in [3.05, 3.63) is 59.4 Å². The molecule has 0 radical (unpaired) electrons. The lowest BCUT2D eigenvalue weighted by Gasteiger charge is -2.12. The first-order valence-corrected chi connectivity index (χ1v) is 9.61. The summed E-state index contributed by atoms with van der Waals surface area (Å²) >= 11 is 0. The molecule has 0 aliphatic heterocycles. The first-order chi connectivity index (χ1) is 14.1. The van der Waals surface area contributed by atoms with Crippen molar-refractivity contribution in [1.29, 1.82) is 0 Å². The van der Waals surface area contributed by atoms with Gasteiger partial charge in [0.1, 0.15) is 5.82 Å². The Balaban J connectivity index is 0.00000320. The molecular formula is C21H27FIN5O2. The third kappa shape index (κ3) is 6.22. The molecule has 0 aliphatic carbocycles. The number of hydrogen-bond acceptors (Lipinski definition) is 3. The number of carbonyl (C=O) groups is 1. The number of amides is 1. The molecule has 30 heavy (non-hydrogen) atoms. The summed E-state index contributed by atoms with van der Waals surface area (Å²) in [5.41, 5.74) is 2.80. The summed E-state index contributed by atoms with van der Waals surface area (Å²) < 4.78 is 18.6. The molecule has 0 aliphatic rings. The number of aromatic amines is 1. The van der Waals surface area contributed by atoms with Gasteiger partial charge in [0.15, 0.2) is 11.7 Å². The van der Waals surface area contributed by atoms with Crippen molar-refractivity contribution in [2.45, 2.75) is 19.8 Å². The van der Waals surface area contributed by atoms with Crippen LogP contribution in [0.15, 0.2) is 46.1 Å². The highest BCUT2D eigenvalue weighted by atomic mass is 127. The quantitative estimate of drug-likeness (QED) is 0.157. The third-order valence-electron chi connectivity index (χ3n) is 4.64. The summed E-state index contributed by atoms with van der Waals surface area (Å²) in [5.74, 6) is 0.597. The van der Waals surface area contributed by atoms with Gasteiger partial charge in [-0.2, -0.15) is 0 Å². The number of furan rings is 1. The van der Waals surface area contributed by atoms with Gasteiger partial charge in [0.25, 0.3) is 5.91 Å². The molecule has 0 saturated carbocycles. The van der Waals surface area contributed by atoms with Crippen molar-refractivity contribution >= 4 is 46.7 Å². The highest BCUT2D eigenvalue weighted by molar-refractivity contribution is 14.0. The maximum absolute atomic E-state index is 13.5. The lowest BCUT2D eigenvalue weighted by atomic mass is 10.1. The van der Waals surface area contributed by atoms with E-state index in [0.717, 1.165) is 34.9 Å². The number of fused-ring (bicyclic) bond motifs is 1. The van der Waals surface area contributed by atoms with Gasteiger partial charge in [0, 0.05) is 49.3 Å². The van der Waals surface area contributed by atoms with Gasteiger partial charge in [0.2, 0.25) is 0 Å². The number of hydrogen-bond donors (Lipinski definition) is 4. The molecule has 2 heterocycles. The maximum atomic E-state index is 13.5. The molecule has 0 spiro atoms. The van der Waals surface area contributed by atoms with Gasteiger partial charge in [-0.15, -0.1) is 24.0 Å². The summed E-state index contributed by atoms with van der Waals surface area (Å²) in [6, 6.07) is 6.50. The Labute approximate surface area is 191 Å². The maximum Gasteiger partial charge on any atom is 0.287 e. The SMILES string of the molecule is CN=C(NCCCNC(=O)c1occc1C)NCCc1c[nH]c2ccc(F)cc12.I. The monoisotopic (exact) mass is 527 g/mol. The Kier molecular flexibility index (Phi) is 9.15. The van der Waals surface area contributed by atoms with Crippen LogP contribution in [0.1, 0.15) is 28.1 Å². The van der Waals surface area contributed by atoms with Crippen molar-refractivity contribution in [3.8, 4) is 0 Å². The van der Waals surface area contributed by atoms with Crippen LogP contribution in [0.5, 0.6) is 0 Å². The van der Waals surface area contributed by atoms with Crippen molar-refractivity contribution in [1.82, 2.24) is 20.9 Å². The Bertz CT molecular complexity index is 998. The minimum absolute atomic E-state index is 0. The number of halogens is 2. The van der Waals surface area contributed by atoms with E-state index >= 15 is 0 Å². The zero-order valence-corrected chi connectivity index (χ0v) is 19.4. The summed E-state index contributed by atoms with van der Waals surface area (Å²) in [6.45, 7) is 3.69. The third-order valence-corrected chi connectivity index (χ3v) is 4.64. The van der Waals surface area contributed by atoms with Crippen LogP contribution in [-0.4, -0.2) is 43.5 Å². The lowest BCUT2D eigenvalue weighted by molar-refractivity contribution is 0.0925. The number of nitrogens with one attached hydrogen (secondary N) is 4. The number of H-pyrrole nitrogens is 1. The van der Waals surface area contributed by atoms with Crippen LogP contribution in [0.4, 0.5) is 4.39 Å². The molecule has 1 aromatic carbocycles. The Hall–Kier alpha value is -2.56. The highest BCUT2D eigenvalue weighted by Gasteiger charge is 2.11. The van der Waals surface area contributed by atoms with E-state index in [1.807, 2.05) is 13.1 Å². The van der Waals surface area contributed by atoms with E-state index in [9.17, 15) is 9.18 Å². The fourth-order valence-electron chi connectivity index (χ4n) is 3.08. The van der Waals surface area contributed by atoms with Crippen molar-refractivity contribution < 1.29 is 13.6 Å². The van der Waals surface area contributed by atoms with E-state index in [1.165, 1.54) is 12.3 Å². The Morgan fingerprint density at radius 2 is 1.93 bits per heavy atom. The van der Waals surface area contributed by atoms with Crippen LogP contribution in [-0.2, 0) is 6.42 Å². The number of nitrogens with zero attached hydrogens (tertiary/aromatic N) is 1. The van der Waals surface area contributed by atoms with Crippen LogP contribution in [0, 0.1) is 12.7 Å². The number of guanidine groups is 1. The van der Waals surface area contributed by atoms with Gasteiger partial charge < -0.3 is 25.4 Å². The largest absolute Gasteiger partial charge is 0.459 e. The number of aliphatic imine (C=N–C) groups is 1. The van der Waals surface area contributed by atoms with Crippen molar-refractivity contribution in [2.24, 2.45) is 4.99 Å². The molecule has 0 saturated heterocycles. The zero-order valence-electron chi connectivity index (χ0n) is 17.0. The van der Waals surface area contributed by atoms with Crippen molar-refractivity contribution in [3.63, 3.8) is 0 Å². The number of carbonyl (C=O) groups excluding carboxylic acids is 1. The summed E-state index contributed by atoms with van der Waals surface area (Å²) in [5, 5.41) is 10.2. The molecule has 2 aromatic heterocycles. The minimum atomic E-state index is -0.238. The van der Waals surface area contributed by atoms with E-state index in [4.69, 9.17) is 4.42 Å². The van der Waals surface area contributed by atoms with Gasteiger partial charge in [-0.05, 0) is 49.6 Å². The van der Waals surface area contributed by atoms with Crippen LogP contribution < -0.4 is 16.0 Å². The van der Waals surface area contributed by atoms with Gasteiger partial charge in [0.05, 0.1) is 6.26 Å². The molecule has 4 N–H and O–H groups in total. The predicted octanol–water partition coefficient (Wildman–Crippen LogP) is 3.35. The molecule has 7 nitrogen and oxygen atoms in total. The summed E-state index contributed by atoms with van der Waals surface area (Å²) in [6.07, 6.45) is 4.90. The summed E-state index contributed by atoms with van der Waals surface area (Å²) in [4.78, 5) is 19.3. The Morgan fingerprint density at radius 3 is 2.67 bits per heavy atom. The molecule has 0 fully saturated rings. The minimum Gasteiger partial charge on any atom is -0.459 e. The zero-order chi connectivity index (χ0) is 20.6. The van der Waals surface area contributed by atoms with E-state index in [2.05, 4.69) is 25.9 Å². The van der Waals surface area contributed by atoms with Crippen molar-refractivity contribution in [2.75, 3.05) is 26.7 Å². The second-order valence-corrected chi connectivity index (χ2v) is 6.72. The van der Waals surface area contributed by atoms with Gasteiger partial charge in [-0.1, -0.05) is 0 Å². The molecule has 3 aromatic rings. The normalized spacial score (nSPS) is 11.2. The van der Waals surface area contributed by atoms with E-state index in [1.54, 1.807) is 25.2 Å². The van der Waals surface area contributed by atoms with E-state index < -0.39 is 0 Å². The summed E-state index contributed by atoms with van der Waals surface area (Å²) in [7, 11) is 1.71. The number of aryl methyl sites for hydroxylation is 1. The molecule has 0 atom stereocenters. The average molecular weight is 527 g/mol. The van der Waals surface area contributed by atoms with Crippen LogP contribution in [0.2, 0.25) is 0 Å². The number of aromatic nitrogens is 1. The second-order valence-electron chi connectivity index (χ2n) is 6.72. The predicted molar refractivity (Wildman–Crippen MR) is 127 cm³/mol. The topological polar surface area (TPSA) is 94.4 Å². The first-order valence-electron chi connectivity index (χ1n) is 9.61. The van der Waals surface area contributed by atoms with Gasteiger partial charge in [-0.3, -0.25) is 9.79 Å². The lowest BCUT2D eigenvalue weighted by Crippen LogP contribution is -2.39. The second kappa shape index (κ2) is 11.6. The highest BCUT2D eigenvalue weighted by Crippen LogP contribution is 2.19. The van der Waals surface area contributed by atoms with Crippen LogP contribution in [0.25, 0.3) is 10.9 Å². The Morgan fingerprint density at radius 1 is 1.17 bits per heavy atom. The van der Waals surface area contributed by atoms with E-state index in [0.29, 0.717) is 31.4 Å². The van der Waals surface area contributed by atoms with Crippen LogP contribution in [0.3, 0.4) is 0 Å². The molecule has 3 rings (SSSR count). The van der Waals surface area contributed by atoms with Gasteiger partial charge in [-0.25, -0.2) is 4.39 Å². The molecule has 9 heteroatoms. The molecule has 162 valence electrons. The fourth-order valence-corrected chi connectivity index (χ4v) is 3.08. The molecule has 0 bridgehead atoms. The number of benzene rings is 1. The van der Waals surface area contributed by atoms with Crippen LogP contribution >= 0.6 is 24.0 Å². The first kappa shape index (κ1) is 23.7. The van der Waals surface area contributed by atoms with Gasteiger partial charge >= 0.3 is 0 Å². The molecule has 1 amide bonds. The fraction of sp³-hybridized carbons (Fsp3) is 0.333. The molecular weight excluding hydrogens is 500 g/mol. The number of rotatable bonds is 8. The van der Waals surface area contributed by atoms with E-state index in [-0.39, 0.29) is 35.7 Å². The molecule has 0 unspecified atom stereocenters.